The highest BCUT2D eigenvalue weighted by Crippen LogP contribution is 2.25. The molecule has 28 heavy (non-hydrogen) atoms. The SMILES string of the molecule is O=C(CCc1ccc(Cl)cc1)Nc1n[nH]c2c1CCN(Cc1ccccc1)C2. The standard InChI is InChI=1S/C22H23ClN4O/c23-18-9-6-16(7-10-18)8-11-21(28)24-22-19-12-13-27(15-20(19)25-26-22)14-17-4-2-1-3-5-17/h1-7,9-10H,8,11-15H2,(H2,24,25,26,28). The van der Waals surface area contributed by atoms with Crippen LogP contribution in [0.3, 0.4) is 0 Å². The molecule has 0 spiro atoms. The highest BCUT2D eigenvalue weighted by Gasteiger charge is 2.22. The van der Waals surface area contributed by atoms with Gasteiger partial charge in [-0.3, -0.25) is 14.8 Å². The van der Waals surface area contributed by atoms with Crippen LogP contribution in [0, 0.1) is 0 Å². The summed E-state index contributed by atoms with van der Waals surface area (Å²) in [5.74, 6) is 0.659. The third-order valence-corrected chi connectivity index (χ3v) is 5.33. The second-order valence-corrected chi connectivity index (χ2v) is 7.59. The van der Waals surface area contributed by atoms with Gasteiger partial charge >= 0.3 is 0 Å². The summed E-state index contributed by atoms with van der Waals surface area (Å²) in [6.45, 7) is 2.69. The number of H-pyrrole nitrogens is 1. The predicted molar refractivity (Wildman–Crippen MR) is 111 cm³/mol. The quantitative estimate of drug-likeness (QED) is 0.658. The van der Waals surface area contributed by atoms with Crippen molar-refractivity contribution in [2.24, 2.45) is 0 Å². The van der Waals surface area contributed by atoms with Crippen LogP contribution < -0.4 is 5.32 Å². The molecule has 0 atom stereocenters. The van der Waals surface area contributed by atoms with Crippen molar-refractivity contribution in [3.8, 4) is 0 Å². The molecule has 2 N–H and O–H groups in total. The number of hydrogen-bond acceptors (Lipinski definition) is 3. The Morgan fingerprint density at radius 3 is 2.68 bits per heavy atom. The van der Waals surface area contributed by atoms with E-state index in [1.165, 1.54) is 5.56 Å². The summed E-state index contributed by atoms with van der Waals surface area (Å²) in [5.41, 5.74) is 4.63. The Morgan fingerprint density at radius 1 is 1.11 bits per heavy atom. The van der Waals surface area contributed by atoms with Crippen LogP contribution in [0.4, 0.5) is 5.82 Å². The topological polar surface area (TPSA) is 61.0 Å². The van der Waals surface area contributed by atoms with Crippen LogP contribution in [0.15, 0.2) is 54.6 Å². The molecule has 0 unspecified atom stereocenters. The number of anilines is 1. The number of fused-ring (bicyclic) bond motifs is 1. The molecule has 4 rings (SSSR count). The van der Waals surface area contributed by atoms with Gasteiger partial charge in [-0.05, 0) is 36.1 Å². The van der Waals surface area contributed by atoms with Gasteiger partial charge < -0.3 is 5.32 Å². The molecule has 1 aromatic heterocycles. The van der Waals surface area contributed by atoms with E-state index in [9.17, 15) is 4.79 Å². The smallest absolute Gasteiger partial charge is 0.225 e. The monoisotopic (exact) mass is 394 g/mol. The Hall–Kier alpha value is -2.63. The van der Waals surface area contributed by atoms with E-state index in [4.69, 9.17) is 11.6 Å². The number of halogens is 1. The summed E-state index contributed by atoms with van der Waals surface area (Å²) in [4.78, 5) is 14.7. The summed E-state index contributed by atoms with van der Waals surface area (Å²) < 4.78 is 0. The number of rotatable bonds is 6. The molecule has 0 fully saturated rings. The molecule has 1 aliphatic heterocycles. The first kappa shape index (κ1) is 18.7. The first-order valence-corrected chi connectivity index (χ1v) is 9.92. The van der Waals surface area contributed by atoms with Gasteiger partial charge in [0.2, 0.25) is 5.91 Å². The van der Waals surface area contributed by atoms with E-state index in [1.54, 1.807) is 0 Å². The largest absolute Gasteiger partial charge is 0.309 e. The number of nitrogens with one attached hydrogen (secondary N) is 2. The molecule has 2 aromatic carbocycles. The fourth-order valence-electron chi connectivity index (χ4n) is 3.56. The fourth-order valence-corrected chi connectivity index (χ4v) is 3.68. The zero-order valence-corrected chi connectivity index (χ0v) is 16.4. The van der Waals surface area contributed by atoms with Crippen molar-refractivity contribution in [3.05, 3.63) is 82.0 Å². The first-order valence-electron chi connectivity index (χ1n) is 9.54. The van der Waals surface area contributed by atoms with Gasteiger partial charge in [0, 0.05) is 36.6 Å². The van der Waals surface area contributed by atoms with E-state index in [0.29, 0.717) is 23.7 Å². The lowest BCUT2D eigenvalue weighted by Crippen LogP contribution is -2.30. The molecule has 5 nitrogen and oxygen atoms in total. The van der Waals surface area contributed by atoms with Gasteiger partial charge in [-0.2, -0.15) is 5.10 Å². The molecule has 3 aromatic rings. The summed E-state index contributed by atoms with van der Waals surface area (Å²) >= 11 is 5.90. The summed E-state index contributed by atoms with van der Waals surface area (Å²) in [6.07, 6.45) is 1.98. The van der Waals surface area contributed by atoms with Crippen molar-refractivity contribution in [3.63, 3.8) is 0 Å². The minimum absolute atomic E-state index is 0.0176. The average molecular weight is 395 g/mol. The lowest BCUT2D eigenvalue weighted by atomic mass is 10.1. The first-order chi connectivity index (χ1) is 13.7. The van der Waals surface area contributed by atoms with Crippen LogP contribution in [0.25, 0.3) is 0 Å². The number of amides is 1. The Balaban J connectivity index is 1.32. The maximum absolute atomic E-state index is 12.3. The van der Waals surface area contributed by atoms with Crippen molar-refractivity contribution in [1.82, 2.24) is 15.1 Å². The Kier molecular flexibility index (Phi) is 5.74. The molecule has 144 valence electrons. The Labute approximate surface area is 169 Å². The number of hydrogen-bond donors (Lipinski definition) is 2. The fraction of sp³-hybridized carbons (Fsp3) is 0.273. The second-order valence-electron chi connectivity index (χ2n) is 7.15. The van der Waals surface area contributed by atoms with E-state index < -0.39 is 0 Å². The molecule has 1 aliphatic rings. The molecule has 0 bridgehead atoms. The van der Waals surface area contributed by atoms with Crippen LogP contribution >= 0.6 is 11.6 Å². The maximum atomic E-state index is 12.3. The number of benzene rings is 2. The van der Waals surface area contributed by atoms with Gasteiger partial charge in [-0.1, -0.05) is 54.1 Å². The van der Waals surface area contributed by atoms with E-state index in [-0.39, 0.29) is 5.91 Å². The maximum Gasteiger partial charge on any atom is 0.225 e. The van der Waals surface area contributed by atoms with Crippen LogP contribution in [0.2, 0.25) is 5.02 Å². The van der Waals surface area contributed by atoms with E-state index in [1.807, 2.05) is 30.3 Å². The van der Waals surface area contributed by atoms with Gasteiger partial charge in [-0.15, -0.1) is 0 Å². The summed E-state index contributed by atoms with van der Waals surface area (Å²) in [7, 11) is 0. The number of nitrogens with zero attached hydrogens (tertiary/aromatic N) is 2. The van der Waals surface area contributed by atoms with Gasteiger partial charge in [0.1, 0.15) is 0 Å². The van der Waals surface area contributed by atoms with Crippen molar-refractivity contribution in [2.45, 2.75) is 32.4 Å². The van der Waals surface area contributed by atoms with Crippen LogP contribution in [-0.4, -0.2) is 27.5 Å². The lowest BCUT2D eigenvalue weighted by molar-refractivity contribution is -0.116. The molecule has 2 heterocycles. The van der Waals surface area contributed by atoms with E-state index >= 15 is 0 Å². The zero-order chi connectivity index (χ0) is 19.3. The van der Waals surface area contributed by atoms with Crippen molar-refractivity contribution < 1.29 is 4.79 Å². The van der Waals surface area contributed by atoms with Gasteiger partial charge in [0.15, 0.2) is 5.82 Å². The molecule has 0 saturated heterocycles. The van der Waals surface area contributed by atoms with Crippen LogP contribution in [0.1, 0.15) is 28.8 Å². The Morgan fingerprint density at radius 2 is 1.89 bits per heavy atom. The average Bonchev–Trinajstić information content (AvgIpc) is 3.10. The Bertz CT molecular complexity index is 937. The third-order valence-electron chi connectivity index (χ3n) is 5.07. The predicted octanol–water partition coefficient (Wildman–Crippen LogP) is 4.19. The van der Waals surface area contributed by atoms with Crippen molar-refractivity contribution in [2.75, 3.05) is 11.9 Å². The molecule has 0 aliphatic carbocycles. The van der Waals surface area contributed by atoms with Gasteiger partial charge in [0.05, 0.1) is 5.69 Å². The van der Waals surface area contributed by atoms with Crippen molar-refractivity contribution >= 4 is 23.3 Å². The zero-order valence-electron chi connectivity index (χ0n) is 15.6. The summed E-state index contributed by atoms with van der Waals surface area (Å²) in [5, 5.41) is 11.1. The van der Waals surface area contributed by atoms with Crippen LogP contribution in [0.5, 0.6) is 0 Å². The number of aromatic amines is 1. The third kappa shape index (κ3) is 4.61. The van der Waals surface area contributed by atoms with E-state index in [2.05, 4.69) is 44.7 Å². The van der Waals surface area contributed by atoms with Crippen molar-refractivity contribution in [1.29, 1.82) is 0 Å². The summed E-state index contributed by atoms with van der Waals surface area (Å²) in [6, 6.07) is 18.1. The minimum atomic E-state index is -0.0176. The number of aromatic nitrogens is 2. The second kappa shape index (κ2) is 8.59. The lowest BCUT2D eigenvalue weighted by Gasteiger charge is -2.26. The normalized spacial score (nSPS) is 13.9. The van der Waals surface area contributed by atoms with Gasteiger partial charge in [-0.25, -0.2) is 0 Å². The molecular weight excluding hydrogens is 372 g/mol. The van der Waals surface area contributed by atoms with E-state index in [0.717, 1.165) is 42.9 Å². The molecule has 1 amide bonds. The van der Waals surface area contributed by atoms with Gasteiger partial charge in [0.25, 0.3) is 0 Å². The molecule has 0 saturated carbocycles. The number of carbonyl (C=O) groups is 1. The highest BCUT2D eigenvalue weighted by molar-refractivity contribution is 6.30. The molecular formula is C22H23ClN4O. The number of carbonyl (C=O) groups excluding carboxylic acids is 1. The molecule has 0 radical (unpaired) electrons. The molecule has 6 heteroatoms. The van der Waals surface area contributed by atoms with Crippen LogP contribution in [-0.2, 0) is 30.7 Å². The number of aryl methyl sites for hydroxylation is 1. The minimum Gasteiger partial charge on any atom is -0.309 e. The highest BCUT2D eigenvalue weighted by atomic mass is 35.5.